The lowest BCUT2D eigenvalue weighted by Crippen LogP contribution is -2.21. The maximum atomic E-state index is 14.4. The van der Waals surface area contributed by atoms with Gasteiger partial charge in [-0.15, -0.1) is 0 Å². The van der Waals surface area contributed by atoms with Crippen LogP contribution >= 0.6 is 15.9 Å². The number of carbonyl (C=O) groups excluding carboxylic acids is 1. The largest absolute Gasteiger partial charge is 0.380 e. The van der Waals surface area contributed by atoms with Crippen molar-refractivity contribution in [3.8, 4) is 0 Å². The monoisotopic (exact) mass is 327 g/mol. The topological polar surface area (TPSA) is 38.7 Å². The molecule has 19 heavy (non-hydrogen) atoms. The summed E-state index contributed by atoms with van der Waals surface area (Å²) in [6.07, 6.45) is 4.86. The minimum Gasteiger partial charge on any atom is -0.380 e. The molecule has 0 N–H and O–H groups in total. The molecule has 2 rings (SSSR count). The third-order valence-corrected chi connectivity index (χ3v) is 4.17. The van der Waals surface area contributed by atoms with Crippen LogP contribution in [0.2, 0.25) is 0 Å². The molecule has 0 unspecified atom stereocenters. The van der Waals surface area contributed by atoms with Crippen molar-refractivity contribution in [2.45, 2.75) is 37.8 Å². The average molecular weight is 328 g/mol. The first-order chi connectivity index (χ1) is 9.13. The molecule has 0 saturated heterocycles. The molecule has 1 aliphatic rings. The lowest BCUT2D eigenvalue weighted by Gasteiger charge is -2.24. The van der Waals surface area contributed by atoms with Crippen molar-refractivity contribution in [1.29, 1.82) is 0 Å². The van der Waals surface area contributed by atoms with E-state index in [0.717, 1.165) is 18.4 Å². The zero-order chi connectivity index (χ0) is 13.9. The number of rotatable bonds is 4. The zero-order valence-electron chi connectivity index (χ0n) is 10.7. The molecule has 0 aliphatic heterocycles. The number of benzene rings is 1. The van der Waals surface area contributed by atoms with Crippen LogP contribution in [0.25, 0.3) is 0 Å². The van der Waals surface area contributed by atoms with Gasteiger partial charge in [-0.3, -0.25) is 0 Å². The van der Waals surface area contributed by atoms with Crippen LogP contribution in [0.15, 0.2) is 21.6 Å². The lowest BCUT2D eigenvalue weighted by atomic mass is 9.87. The first-order valence-electron chi connectivity index (χ1n) is 6.19. The Morgan fingerprint density at radius 3 is 2.74 bits per heavy atom. The Balaban J connectivity index is 2.55. The number of halogens is 2. The van der Waals surface area contributed by atoms with Crippen LogP contribution in [0.5, 0.6) is 0 Å². The molecular weight excluding hydrogens is 313 g/mol. The van der Waals surface area contributed by atoms with Crippen molar-refractivity contribution in [3.05, 3.63) is 33.5 Å². The fourth-order valence-electron chi connectivity index (χ4n) is 2.72. The summed E-state index contributed by atoms with van der Waals surface area (Å²) in [5.41, 5.74) is 0.575. The summed E-state index contributed by atoms with van der Waals surface area (Å²) in [6.45, 7) is 0.396. The Hall–Kier alpha value is -1.03. The number of hydrogen-bond donors (Lipinski definition) is 0. The predicted octanol–water partition coefficient (Wildman–Crippen LogP) is 3.84. The Morgan fingerprint density at radius 1 is 1.47 bits per heavy atom. The number of hydrogen-bond acceptors (Lipinski definition) is 3. The van der Waals surface area contributed by atoms with Crippen LogP contribution in [-0.4, -0.2) is 13.2 Å². The Morgan fingerprint density at radius 2 is 2.16 bits per heavy atom. The van der Waals surface area contributed by atoms with E-state index in [4.69, 9.17) is 4.74 Å². The van der Waals surface area contributed by atoms with Crippen molar-refractivity contribution in [3.63, 3.8) is 0 Å². The molecular formula is C14H15BrFNO2. The number of ether oxygens (including phenoxy) is 1. The van der Waals surface area contributed by atoms with E-state index in [9.17, 15) is 9.18 Å². The van der Waals surface area contributed by atoms with E-state index in [2.05, 4.69) is 20.9 Å². The molecule has 1 saturated carbocycles. The molecule has 1 fully saturated rings. The van der Waals surface area contributed by atoms with Crippen LogP contribution in [0.4, 0.5) is 4.39 Å². The minimum absolute atomic E-state index is 0.347. The maximum Gasteiger partial charge on any atom is 0.235 e. The summed E-state index contributed by atoms with van der Waals surface area (Å²) in [7, 11) is 1.59. The molecule has 1 aromatic carbocycles. The Kier molecular flexibility index (Phi) is 4.50. The first kappa shape index (κ1) is 14.4. The molecule has 0 aromatic heterocycles. The molecule has 102 valence electrons. The number of aliphatic imine (C=N–C) groups is 1. The summed E-state index contributed by atoms with van der Waals surface area (Å²) in [4.78, 5) is 14.6. The van der Waals surface area contributed by atoms with Crippen LogP contribution in [0, 0.1) is 5.82 Å². The van der Waals surface area contributed by atoms with Crippen molar-refractivity contribution in [1.82, 2.24) is 0 Å². The van der Waals surface area contributed by atoms with E-state index in [1.54, 1.807) is 25.3 Å². The van der Waals surface area contributed by atoms with E-state index >= 15 is 0 Å². The van der Waals surface area contributed by atoms with E-state index < -0.39 is 5.54 Å². The highest BCUT2D eigenvalue weighted by Gasteiger charge is 2.38. The maximum absolute atomic E-state index is 14.4. The second-order valence-corrected chi connectivity index (χ2v) is 5.67. The first-order valence-corrected chi connectivity index (χ1v) is 6.98. The van der Waals surface area contributed by atoms with Crippen LogP contribution in [0.3, 0.4) is 0 Å². The van der Waals surface area contributed by atoms with E-state index in [1.807, 2.05) is 0 Å². The summed E-state index contributed by atoms with van der Waals surface area (Å²) in [5, 5.41) is 0. The number of isocyanates is 1. The number of nitrogens with zero attached hydrogens (tertiary/aromatic N) is 1. The SMILES string of the molecule is COCc1cc(Br)c(F)c(C2(N=C=O)CCCC2)c1. The van der Waals surface area contributed by atoms with Crippen molar-refractivity contribution >= 4 is 22.0 Å². The third-order valence-electron chi connectivity index (χ3n) is 3.59. The van der Waals surface area contributed by atoms with Gasteiger partial charge >= 0.3 is 0 Å². The van der Waals surface area contributed by atoms with Crippen LogP contribution in [-0.2, 0) is 21.7 Å². The Labute approximate surface area is 120 Å². The highest BCUT2D eigenvalue weighted by Crippen LogP contribution is 2.44. The van der Waals surface area contributed by atoms with E-state index in [1.165, 1.54) is 0 Å². The molecule has 0 spiro atoms. The van der Waals surface area contributed by atoms with Gasteiger partial charge in [-0.05, 0) is 46.5 Å². The summed E-state index contributed by atoms with van der Waals surface area (Å²) in [5.74, 6) is -0.347. The fraction of sp³-hybridized carbons (Fsp3) is 0.500. The van der Waals surface area contributed by atoms with Gasteiger partial charge in [0.1, 0.15) is 11.4 Å². The quantitative estimate of drug-likeness (QED) is 0.622. The predicted molar refractivity (Wildman–Crippen MR) is 73.1 cm³/mol. The normalized spacial score (nSPS) is 17.2. The van der Waals surface area contributed by atoms with Crippen molar-refractivity contribution in [2.24, 2.45) is 4.99 Å². The minimum atomic E-state index is -0.752. The summed E-state index contributed by atoms with van der Waals surface area (Å²) < 4.78 is 19.8. The smallest absolute Gasteiger partial charge is 0.235 e. The Bertz CT molecular complexity index is 520. The molecule has 3 nitrogen and oxygen atoms in total. The second kappa shape index (κ2) is 5.95. The second-order valence-electron chi connectivity index (χ2n) is 4.81. The zero-order valence-corrected chi connectivity index (χ0v) is 12.3. The van der Waals surface area contributed by atoms with Crippen molar-refractivity contribution in [2.75, 3.05) is 7.11 Å². The number of methoxy groups -OCH3 is 1. The van der Waals surface area contributed by atoms with Gasteiger partial charge in [0.05, 0.1) is 11.1 Å². The van der Waals surface area contributed by atoms with E-state index in [0.29, 0.717) is 29.5 Å². The standard InChI is InChI=1S/C14H15BrFNO2/c1-19-8-10-6-11(13(16)12(15)7-10)14(17-9-18)4-2-3-5-14/h6-7H,2-5,8H2,1H3. The molecule has 0 heterocycles. The van der Waals surface area contributed by atoms with Gasteiger partial charge in [0.15, 0.2) is 0 Å². The highest BCUT2D eigenvalue weighted by atomic mass is 79.9. The molecule has 0 bridgehead atoms. The third kappa shape index (κ3) is 2.78. The highest BCUT2D eigenvalue weighted by molar-refractivity contribution is 9.10. The average Bonchev–Trinajstić information content (AvgIpc) is 2.84. The molecule has 0 amide bonds. The molecule has 0 atom stereocenters. The van der Waals surface area contributed by atoms with Gasteiger partial charge in [-0.25, -0.2) is 9.18 Å². The molecule has 1 aromatic rings. The fourth-order valence-corrected chi connectivity index (χ4v) is 3.23. The molecule has 0 radical (unpaired) electrons. The van der Waals surface area contributed by atoms with E-state index in [-0.39, 0.29) is 5.82 Å². The van der Waals surface area contributed by atoms with Crippen LogP contribution in [0.1, 0.15) is 36.8 Å². The molecule has 1 aliphatic carbocycles. The van der Waals surface area contributed by atoms with Gasteiger partial charge in [-0.1, -0.05) is 12.8 Å². The van der Waals surface area contributed by atoms with Crippen LogP contribution < -0.4 is 0 Å². The van der Waals surface area contributed by atoms with Gasteiger partial charge in [0, 0.05) is 12.7 Å². The lowest BCUT2D eigenvalue weighted by molar-refractivity contribution is 0.184. The molecule has 5 heteroatoms. The van der Waals surface area contributed by atoms with Crippen molar-refractivity contribution < 1.29 is 13.9 Å². The summed E-state index contributed by atoms with van der Waals surface area (Å²) in [6, 6.07) is 3.44. The van der Waals surface area contributed by atoms with Gasteiger partial charge in [0.2, 0.25) is 6.08 Å². The van der Waals surface area contributed by atoms with Gasteiger partial charge in [0.25, 0.3) is 0 Å². The van der Waals surface area contributed by atoms with Gasteiger partial charge < -0.3 is 4.74 Å². The van der Waals surface area contributed by atoms with Gasteiger partial charge in [-0.2, -0.15) is 4.99 Å². The summed E-state index contributed by atoms with van der Waals surface area (Å²) >= 11 is 3.22.